The molecule has 0 amide bonds. The van der Waals surface area contributed by atoms with E-state index < -0.39 is 23.1 Å². The molecule has 0 aromatic heterocycles. The monoisotopic (exact) mass is 243 g/mol. The van der Waals surface area contributed by atoms with Crippen molar-refractivity contribution in [2.24, 2.45) is 0 Å². The summed E-state index contributed by atoms with van der Waals surface area (Å²) in [5.74, 6) is -2.21. The van der Waals surface area contributed by atoms with Crippen LogP contribution in [0.5, 0.6) is 0 Å². The van der Waals surface area contributed by atoms with E-state index in [1.165, 1.54) is 13.2 Å². The third-order valence-corrected chi connectivity index (χ3v) is 2.41. The summed E-state index contributed by atoms with van der Waals surface area (Å²) in [7, 11) is 1.29. The highest BCUT2D eigenvalue weighted by molar-refractivity contribution is 5.79. The zero-order valence-electron chi connectivity index (χ0n) is 10.0. The van der Waals surface area contributed by atoms with E-state index in [2.05, 4.69) is 10.1 Å². The molecule has 0 fully saturated rings. The predicted octanol–water partition coefficient (Wildman–Crippen LogP) is 2.01. The van der Waals surface area contributed by atoms with Gasteiger partial charge >= 0.3 is 5.97 Å². The Morgan fingerprint density at radius 1 is 1.35 bits per heavy atom. The minimum absolute atomic E-state index is 0.249. The minimum atomic E-state index is -0.903. The maximum absolute atomic E-state index is 12.9. The molecule has 1 rings (SSSR count). The van der Waals surface area contributed by atoms with E-state index in [0.717, 1.165) is 12.1 Å². The third kappa shape index (κ3) is 3.49. The fourth-order valence-electron chi connectivity index (χ4n) is 1.30. The third-order valence-electron chi connectivity index (χ3n) is 2.41. The summed E-state index contributed by atoms with van der Waals surface area (Å²) >= 11 is 0. The van der Waals surface area contributed by atoms with E-state index in [0.29, 0.717) is 5.56 Å². The van der Waals surface area contributed by atoms with Crippen LogP contribution >= 0.6 is 0 Å². The summed E-state index contributed by atoms with van der Waals surface area (Å²) < 4.78 is 30.2. The first-order valence-electron chi connectivity index (χ1n) is 5.14. The van der Waals surface area contributed by atoms with Gasteiger partial charge in [0.1, 0.15) is 5.54 Å². The molecule has 1 aromatic rings. The Morgan fingerprint density at radius 3 is 2.53 bits per heavy atom. The number of carbonyl (C=O) groups excluding carboxylic acids is 1. The van der Waals surface area contributed by atoms with Gasteiger partial charge in [-0.15, -0.1) is 0 Å². The molecule has 0 heterocycles. The van der Waals surface area contributed by atoms with Crippen molar-refractivity contribution >= 4 is 5.97 Å². The summed E-state index contributed by atoms with van der Waals surface area (Å²) in [6.45, 7) is 3.55. The van der Waals surface area contributed by atoms with Crippen molar-refractivity contribution in [1.82, 2.24) is 5.32 Å². The van der Waals surface area contributed by atoms with E-state index in [-0.39, 0.29) is 6.54 Å². The molecule has 3 nitrogen and oxygen atoms in total. The second-order valence-corrected chi connectivity index (χ2v) is 4.22. The average molecular weight is 243 g/mol. The summed E-state index contributed by atoms with van der Waals surface area (Å²) in [4.78, 5) is 11.4. The number of methoxy groups -OCH3 is 1. The van der Waals surface area contributed by atoms with Crippen LogP contribution in [0.3, 0.4) is 0 Å². The maximum atomic E-state index is 12.9. The summed E-state index contributed by atoms with van der Waals surface area (Å²) in [5, 5.41) is 2.91. The molecule has 1 N–H and O–H groups in total. The van der Waals surface area contributed by atoms with Gasteiger partial charge in [-0.3, -0.25) is 10.1 Å². The average Bonchev–Trinajstić information content (AvgIpc) is 2.29. The van der Waals surface area contributed by atoms with E-state index in [1.54, 1.807) is 13.8 Å². The highest BCUT2D eigenvalue weighted by Gasteiger charge is 2.27. The van der Waals surface area contributed by atoms with Crippen LogP contribution in [0.1, 0.15) is 19.4 Å². The van der Waals surface area contributed by atoms with Gasteiger partial charge in [-0.05, 0) is 31.5 Å². The molecule has 0 saturated heterocycles. The predicted molar refractivity (Wildman–Crippen MR) is 59.3 cm³/mol. The number of nitrogens with one attached hydrogen (secondary N) is 1. The van der Waals surface area contributed by atoms with Gasteiger partial charge in [0.25, 0.3) is 0 Å². The first-order valence-corrected chi connectivity index (χ1v) is 5.14. The zero-order chi connectivity index (χ0) is 13.1. The molecule has 94 valence electrons. The largest absolute Gasteiger partial charge is 0.468 e. The Labute approximate surface area is 98.8 Å². The lowest BCUT2D eigenvalue weighted by Crippen LogP contribution is -2.46. The second-order valence-electron chi connectivity index (χ2n) is 4.22. The molecule has 0 saturated carbocycles. The number of hydrogen-bond acceptors (Lipinski definition) is 3. The van der Waals surface area contributed by atoms with Gasteiger partial charge in [0, 0.05) is 6.54 Å². The zero-order valence-corrected chi connectivity index (χ0v) is 10.0. The number of carbonyl (C=O) groups is 1. The van der Waals surface area contributed by atoms with Crippen LogP contribution in [0.25, 0.3) is 0 Å². The fraction of sp³-hybridized carbons (Fsp3) is 0.417. The number of ether oxygens (including phenoxy) is 1. The van der Waals surface area contributed by atoms with Gasteiger partial charge in [0.05, 0.1) is 7.11 Å². The lowest BCUT2D eigenvalue weighted by molar-refractivity contribution is -0.147. The van der Waals surface area contributed by atoms with Crippen LogP contribution in [-0.2, 0) is 16.1 Å². The van der Waals surface area contributed by atoms with Crippen molar-refractivity contribution in [2.75, 3.05) is 7.11 Å². The van der Waals surface area contributed by atoms with Crippen LogP contribution in [0, 0.1) is 11.6 Å². The van der Waals surface area contributed by atoms with E-state index in [1.807, 2.05) is 0 Å². The molecule has 0 aliphatic carbocycles. The number of benzene rings is 1. The first kappa shape index (κ1) is 13.6. The van der Waals surface area contributed by atoms with E-state index in [9.17, 15) is 13.6 Å². The van der Waals surface area contributed by atoms with Crippen molar-refractivity contribution < 1.29 is 18.3 Å². The lowest BCUT2D eigenvalue weighted by Gasteiger charge is -2.23. The van der Waals surface area contributed by atoms with Crippen molar-refractivity contribution in [3.63, 3.8) is 0 Å². The molecule has 0 radical (unpaired) electrons. The Bertz CT molecular complexity index is 419. The molecule has 1 aromatic carbocycles. The van der Waals surface area contributed by atoms with Crippen LogP contribution in [0.15, 0.2) is 18.2 Å². The molecular weight excluding hydrogens is 228 g/mol. The Balaban J connectivity index is 2.67. The smallest absolute Gasteiger partial charge is 0.325 e. The van der Waals surface area contributed by atoms with Gasteiger partial charge in [-0.1, -0.05) is 6.07 Å². The molecule has 0 aliphatic rings. The number of rotatable bonds is 4. The second kappa shape index (κ2) is 5.23. The van der Waals surface area contributed by atoms with Crippen molar-refractivity contribution in [2.45, 2.75) is 25.9 Å². The Hall–Kier alpha value is -1.49. The van der Waals surface area contributed by atoms with Gasteiger partial charge < -0.3 is 4.74 Å². The highest BCUT2D eigenvalue weighted by atomic mass is 19.2. The fourth-order valence-corrected chi connectivity index (χ4v) is 1.30. The van der Waals surface area contributed by atoms with Crippen molar-refractivity contribution in [3.05, 3.63) is 35.4 Å². The van der Waals surface area contributed by atoms with Gasteiger partial charge in [0.15, 0.2) is 11.6 Å². The molecule has 17 heavy (non-hydrogen) atoms. The van der Waals surface area contributed by atoms with Crippen molar-refractivity contribution in [3.8, 4) is 0 Å². The normalized spacial score (nSPS) is 11.4. The Morgan fingerprint density at radius 2 is 2.00 bits per heavy atom. The standard InChI is InChI=1S/C12H15F2NO2/c1-12(2,11(16)17-3)15-7-8-4-5-9(13)10(14)6-8/h4-6,15H,7H2,1-3H3. The Kier molecular flexibility index (Phi) is 4.17. The van der Waals surface area contributed by atoms with E-state index in [4.69, 9.17) is 0 Å². The molecular formula is C12H15F2NO2. The summed E-state index contributed by atoms with van der Waals surface area (Å²) in [6, 6.07) is 3.60. The quantitative estimate of drug-likeness (QED) is 0.822. The number of hydrogen-bond donors (Lipinski definition) is 1. The molecule has 0 spiro atoms. The van der Waals surface area contributed by atoms with E-state index >= 15 is 0 Å². The topological polar surface area (TPSA) is 38.3 Å². The molecule has 0 bridgehead atoms. The first-order chi connectivity index (χ1) is 7.86. The molecule has 0 unspecified atom stereocenters. The SMILES string of the molecule is COC(=O)C(C)(C)NCc1ccc(F)c(F)c1. The van der Waals surface area contributed by atoms with Gasteiger partial charge in [-0.25, -0.2) is 8.78 Å². The summed E-state index contributed by atoms with van der Waals surface area (Å²) in [6.07, 6.45) is 0. The van der Waals surface area contributed by atoms with Crippen molar-refractivity contribution in [1.29, 1.82) is 0 Å². The van der Waals surface area contributed by atoms with Crippen LogP contribution in [0.4, 0.5) is 8.78 Å². The molecule has 5 heteroatoms. The molecule has 0 aliphatic heterocycles. The van der Waals surface area contributed by atoms with Crippen LogP contribution in [0.2, 0.25) is 0 Å². The van der Waals surface area contributed by atoms with Gasteiger partial charge in [0.2, 0.25) is 0 Å². The number of esters is 1. The minimum Gasteiger partial charge on any atom is -0.468 e. The highest BCUT2D eigenvalue weighted by Crippen LogP contribution is 2.11. The molecule has 0 atom stereocenters. The van der Waals surface area contributed by atoms with Crippen LogP contribution in [-0.4, -0.2) is 18.6 Å². The van der Waals surface area contributed by atoms with Crippen LogP contribution < -0.4 is 5.32 Å². The number of halogens is 2. The van der Waals surface area contributed by atoms with Gasteiger partial charge in [-0.2, -0.15) is 0 Å². The summed E-state index contributed by atoms with van der Waals surface area (Å²) in [5.41, 5.74) is -0.319. The lowest BCUT2D eigenvalue weighted by atomic mass is 10.1. The maximum Gasteiger partial charge on any atom is 0.325 e.